The molecule has 1 aliphatic carbocycles. The molecule has 0 saturated heterocycles. The van der Waals surface area contributed by atoms with Gasteiger partial charge in [-0.3, -0.25) is 38.4 Å². The number of ether oxygens (including phenoxy) is 4. The Labute approximate surface area is 501 Å². The average Bonchev–Trinajstić information content (AvgIpc) is 4.10. The number of nitrogens with zero attached hydrogens (tertiary/aromatic N) is 1. The van der Waals surface area contributed by atoms with E-state index in [0.717, 1.165) is 76.3 Å². The number of carboxylic acids is 2. The van der Waals surface area contributed by atoms with Crippen LogP contribution in [-0.2, 0) is 68.5 Å². The van der Waals surface area contributed by atoms with Crippen LogP contribution in [-0.4, -0.2) is 158 Å². The van der Waals surface area contributed by atoms with Crippen LogP contribution in [0, 0.1) is 11.8 Å². The summed E-state index contributed by atoms with van der Waals surface area (Å²) in [7, 11) is 0. The zero-order chi connectivity index (χ0) is 61.7. The Balaban J connectivity index is 0.000000921. The number of imidazole rings is 1. The van der Waals surface area contributed by atoms with Gasteiger partial charge >= 0.3 is 11.9 Å². The number of aromatic nitrogens is 2. The number of aromatic amines is 1. The normalized spacial score (nSPS) is 14.6. The van der Waals surface area contributed by atoms with Gasteiger partial charge in [0.1, 0.15) is 30.0 Å². The Morgan fingerprint density at radius 2 is 1.11 bits per heavy atom. The third-order valence-corrected chi connectivity index (χ3v) is 15.0. The number of hydrogen-bond donors (Lipinski definition) is 7. The van der Waals surface area contributed by atoms with Gasteiger partial charge in [0.15, 0.2) is 5.78 Å². The Morgan fingerprint density at radius 3 is 1.64 bits per heavy atom. The molecule has 0 aromatic carbocycles. The summed E-state index contributed by atoms with van der Waals surface area (Å²) in [6.45, 7) is 8.93. The highest BCUT2D eigenvalue weighted by molar-refractivity contribution is 5.86. The number of unbranched alkanes of at least 4 members (excludes halogenated alkanes) is 17. The first-order valence-electron chi connectivity index (χ1n) is 31.9. The Bertz CT molecular complexity index is 1910. The molecule has 2 rings (SSSR count). The number of carbonyl (C=O) groups excluding carboxylic acids is 7. The van der Waals surface area contributed by atoms with Gasteiger partial charge in [0.2, 0.25) is 17.7 Å². The van der Waals surface area contributed by atoms with E-state index in [1.54, 1.807) is 12.5 Å². The summed E-state index contributed by atoms with van der Waals surface area (Å²) >= 11 is 0. The van der Waals surface area contributed by atoms with E-state index in [1.807, 2.05) is 6.92 Å². The van der Waals surface area contributed by atoms with Crippen LogP contribution in [0.2, 0.25) is 0 Å². The largest absolute Gasteiger partial charge is 0.481 e. The predicted octanol–water partition coefficient (Wildman–Crippen LogP) is 8.91. The van der Waals surface area contributed by atoms with Crippen LogP contribution in [0.1, 0.15) is 232 Å². The molecule has 21 heteroatoms. The Hall–Kier alpha value is -4.96. The van der Waals surface area contributed by atoms with Gasteiger partial charge in [-0.05, 0) is 90.4 Å². The van der Waals surface area contributed by atoms with Crippen molar-refractivity contribution in [2.45, 2.75) is 245 Å². The average molecular weight is 1190 g/mol. The lowest BCUT2D eigenvalue weighted by Gasteiger charge is -2.28. The minimum absolute atomic E-state index is 0.000936. The van der Waals surface area contributed by atoms with Gasteiger partial charge in [0.05, 0.1) is 58.6 Å². The Kier molecular flexibility index (Phi) is 49.1. The van der Waals surface area contributed by atoms with Gasteiger partial charge in [-0.25, -0.2) is 9.78 Å². The summed E-state index contributed by atoms with van der Waals surface area (Å²) in [5.74, 6) is -1.81. The maximum absolute atomic E-state index is 12.8. The molecule has 1 aromatic rings. The number of ketones is 4. The maximum atomic E-state index is 12.8. The van der Waals surface area contributed by atoms with Crippen molar-refractivity contribution in [3.63, 3.8) is 0 Å². The molecule has 0 unspecified atom stereocenters. The van der Waals surface area contributed by atoms with Crippen LogP contribution in [0.4, 0.5) is 0 Å². The van der Waals surface area contributed by atoms with Crippen molar-refractivity contribution in [3.05, 3.63) is 18.2 Å². The number of hydrogen-bond acceptors (Lipinski definition) is 15. The van der Waals surface area contributed by atoms with Crippen LogP contribution in [0.5, 0.6) is 0 Å². The molecule has 1 aromatic heterocycles. The van der Waals surface area contributed by atoms with Crippen molar-refractivity contribution in [1.82, 2.24) is 31.2 Å². The molecule has 84 heavy (non-hydrogen) atoms. The third-order valence-electron chi connectivity index (χ3n) is 15.0. The molecule has 3 amide bonds. The number of amides is 3. The van der Waals surface area contributed by atoms with Crippen LogP contribution in [0.3, 0.4) is 0 Å². The van der Waals surface area contributed by atoms with Gasteiger partial charge in [-0.2, -0.15) is 0 Å². The number of rotatable bonds is 56. The van der Waals surface area contributed by atoms with Crippen LogP contribution < -0.4 is 21.3 Å². The highest BCUT2D eigenvalue weighted by Crippen LogP contribution is 2.32. The number of nitrogens with one attached hydrogen (secondary N) is 5. The quantitative estimate of drug-likeness (QED) is 0.0299. The zero-order valence-corrected chi connectivity index (χ0v) is 51.7. The lowest BCUT2D eigenvalue weighted by atomic mass is 9.79. The molecule has 0 radical (unpaired) electrons. The molecule has 0 spiro atoms. The fourth-order valence-electron chi connectivity index (χ4n) is 9.91. The number of aliphatic carboxylic acids is 2. The topological polar surface area (TPSA) is 308 Å². The zero-order valence-electron chi connectivity index (χ0n) is 51.7. The number of H-pyrrole nitrogens is 1. The molecule has 2 atom stereocenters. The van der Waals surface area contributed by atoms with E-state index in [1.165, 1.54) is 84.5 Å². The van der Waals surface area contributed by atoms with Crippen molar-refractivity contribution in [2.75, 3.05) is 72.5 Å². The SMILES string of the molecule is CC(=O)NCCOCCOCC(=O)CCCCC[C@H](NCC(=O)CCc1cnc[nH]1)C(C)=O.CCOCCOCCNC(=O)CC[C@H](NC(=O)C1CCC(CCC(=O)CCCCCCCCCCCCCCCCCCC(=O)O)CC1)C(=O)O. The molecule has 1 aliphatic rings. The lowest BCUT2D eigenvalue weighted by molar-refractivity contribution is -0.143. The molecule has 21 nitrogen and oxygen atoms in total. The van der Waals surface area contributed by atoms with Gasteiger partial charge < -0.3 is 55.4 Å². The van der Waals surface area contributed by atoms with Crippen LogP contribution in [0.25, 0.3) is 0 Å². The summed E-state index contributed by atoms with van der Waals surface area (Å²) in [6, 6.07) is -1.45. The van der Waals surface area contributed by atoms with Crippen molar-refractivity contribution in [2.24, 2.45) is 11.8 Å². The van der Waals surface area contributed by atoms with E-state index in [2.05, 4.69) is 31.2 Å². The van der Waals surface area contributed by atoms with Crippen LogP contribution >= 0.6 is 0 Å². The van der Waals surface area contributed by atoms with Crippen molar-refractivity contribution >= 4 is 52.8 Å². The fraction of sp³-hybridized carbons (Fsp3) is 0.810. The molecule has 0 bridgehead atoms. The molecule has 1 heterocycles. The first-order valence-corrected chi connectivity index (χ1v) is 31.9. The van der Waals surface area contributed by atoms with E-state index < -0.39 is 18.0 Å². The number of carbonyl (C=O) groups is 9. The summed E-state index contributed by atoms with van der Waals surface area (Å²) in [6.07, 6.45) is 32.5. The second-order valence-corrected chi connectivity index (χ2v) is 22.4. The van der Waals surface area contributed by atoms with E-state index in [-0.39, 0.29) is 73.0 Å². The minimum atomic E-state index is -1.14. The number of Topliss-reactive ketones (excluding diaryl/α,β-unsaturated/α-hetero) is 4. The molecule has 7 N–H and O–H groups in total. The highest BCUT2D eigenvalue weighted by Gasteiger charge is 2.30. The van der Waals surface area contributed by atoms with Gasteiger partial charge in [-0.15, -0.1) is 0 Å². The molecular formula is C63H110N6O15. The second-order valence-electron chi connectivity index (χ2n) is 22.4. The molecule has 1 saturated carbocycles. The molecular weight excluding hydrogens is 1080 g/mol. The number of carboxylic acid groups (broad SMARTS) is 2. The predicted molar refractivity (Wildman–Crippen MR) is 322 cm³/mol. The van der Waals surface area contributed by atoms with Gasteiger partial charge in [0, 0.05) is 83.0 Å². The Morgan fingerprint density at radius 1 is 0.571 bits per heavy atom. The van der Waals surface area contributed by atoms with Gasteiger partial charge in [-0.1, -0.05) is 103 Å². The summed E-state index contributed by atoms with van der Waals surface area (Å²) in [5.41, 5.74) is 0.915. The number of aryl methyl sites for hydroxylation is 1. The summed E-state index contributed by atoms with van der Waals surface area (Å²) in [4.78, 5) is 113. The monoisotopic (exact) mass is 1190 g/mol. The van der Waals surface area contributed by atoms with E-state index in [4.69, 9.17) is 24.1 Å². The van der Waals surface area contributed by atoms with Crippen molar-refractivity contribution in [1.29, 1.82) is 0 Å². The second kappa shape index (κ2) is 53.5. The van der Waals surface area contributed by atoms with E-state index in [9.17, 15) is 48.3 Å². The molecule has 1 fully saturated rings. The van der Waals surface area contributed by atoms with Crippen LogP contribution in [0.15, 0.2) is 12.5 Å². The van der Waals surface area contributed by atoms with Crippen molar-refractivity contribution in [3.8, 4) is 0 Å². The highest BCUT2D eigenvalue weighted by atomic mass is 16.5. The molecule has 482 valence electrons. The first-order chi connectivity index (χ1) is 40.6. The van der Waals surface area contributed by atoms with Gasteiger partial charge in [0.25, 0.3) is 0 Å². The summed E-state index contributed by atoms with van der Waals surface area (Å²) < 4.78 is 21.1. The van der Waals surface area contributed by atoms with E-state index >= 15 is 0 Å². The standard InChI is InChI=1S/C40H72N2O9.C23H38N4O6/c1-2-50-31-32-51-30-29-41-37(44)28-27-36(40(48)49)42-39(47)34-24-21-33(22-25-34)23-26-35(43)19-17-15-13-11-9-7-5-3-4-6-8-10-12-14-16-18-20-38(45)46;1-18(28)23(26-15-21(30)9-8-20-14-24-17-27-20)7-5-3-4-6-22(31)16-33-13-12-32-11-10-25-19(2)29/h33-34,36H,2-32H2,1H3,(H,41,44)(H,42,47)(H,45,46)(H,48,49);14,17,23,26H,3-13,15-16H2,1-2H3,(H,24,27)(H,25,29)/t33?,34?,36-;23-/m00/s1. The van der Waals surface area contributed by atoms with E-state index in [0.29, 0.717) is 129 Å². The maximum Gasteiger partial charge on any atom is 0.326 e. The lowest BCUT2D eigenvalue weighted by Crippen LogP contribution is -2.45. The smallest absolute Gasteiger partial charge is 0.326 e. The summed E-state index contributed by atoms with van der Waals surface area (Å²) in [5, 5.41) is 29.3. The first kappa shape index (κ1) is 77.1. The minimum Gasteiger partial charge on any atom is -0.481 e. The molecule has 0 aliphatic heterocycles. The third kappa shape index (κ3) is 47.3. The van der Waals surface area contributed by atoms with Crippen molar-refractivity contribution < 1.29 is 72.3 Å². The fourth-order valence-corrected chi connectivity index (χ4v) is 9.91.